The Hall–Kier alpha value is -0.770. The van der Waals surface area contributed by atoms with E-state index in [-0.39, 0.29) is 0 Å². The van der Waals surface area contributed by atoms with Crippen LogP contribution in [0.5, 0.6) is 0 Å². The highest BCUT2D eigenvalue weighted by Crippen LogP contribution is 2.17. The third kappa shape index (κ3) is 4.97. The molecule has 0 aromatic rings. The van der Waals surface area contributed by atoms with Gasteiger partial charge in [0.05, 0.1) is 6.54 Å². The van der Waals surface area contributed by atoms with E-state index in [0.29, 0.717) is 18.0 Å². The lowest BCUT2D eigenvalue weighted by molar-refractivity contribution is 0.242. The summed E-state index contributed by atoms with van der Waals surface area (Å²) in [6.07, 6.45) is 11.8. The molecule has 2 rings (SSSR count). The van der Waals surface area contributed by atoms with Gasteiger partial charge in [-0.3, -0.25) is 9.89 Å². The summed E-state index contributed by atoms with van der Waals surface area (Å²) < 4.78 is 0. The minimum absolute atomic E-state index is 0.549. The summed E-state index contributed by atoms with van der Waals surface area (Å²) in [5.41, 5.74) is 6.08. The third-order valence-corrected chi connectivity index (χ3v) is 4.81. The smallest absolute Gasteiger partial charge is 0.188 e. The Morgan fingerprint density at radius 2 is 1.80 bits per heavy atom. The van der Waals surface area contributed by atoms with Crippen LogP contribution in [0, 0.1) is 0 Å². The zero-order valence-electron chi connectivity index (χ0n) is 13.1. The van der Waals surface area contributed by atoms with Crippen LogP contribution in [0.15, 0.2) is 4.99 Å². The summed E-state index contributed by atoms with van der Waals surface area (Å²) in [4.78, 5) is 7.18. The molecular weight excluding hydrogens is 248 g/mol. The van der Waals surface area contributed by atoms with Gasteiger partial charge in [0.1, 0.15) is 0 Å². The first kappa shape index (κ1) is 15.6. The summed E-state index contributed by atoms with van der Waals surface area (Å²) in [5.74, 6) is 0.662. The third-order valence-electron chi connectivity index (χ3n) is 4.81. The largest absolute Gasteiger partial charge is 0.370 e. The van der Waals surface area contributed by atoms with E-state index < -0.39 is 0 Å². The van der Waals surface area contributed by atoms with Gasteiger partial charge in [0.25, 0.3) is 0 Å². The first-order valence-corrected chi connectivity index (χ1v) is 8.60. The highest BCUT2D eigenvalue weighted by molar-refractivity contribution is 5.78. The summed E-state index contributed by atoms with van der Waals surface area (Å²) in [6.45, 7) is 5.59. The molecule has 1 aliphatic heterocycles. The molecule has 1 heterocycles. The van der Waals surface area contributed by atoms with Gasteiger partial charge in [-0.25, -0.2) is 0 Å². The number of rotatable bonds is 5. The summed E-state index contributed by atoms with van der Waals surface area (Å²) in [5, 5.41) is 3.44. The summed E-state index contributed by atoms with van der Waals surface area (Å²) in [7, 11) is 0. The molecule has 116 valence electrons. The number of guanidine groups is 1. The van der Waals surface area contributed by atoms with Gasteiger partial charge in [-0.1, -0.05) is 32.6 Å². The molecule has 0 aromatic heterocycles. The van der Waals surface area contributed by atoms with Gasteiger partial charge < -0.3 is 11.1 Å². The van der Waals surface area contributed by atoms with E-state index in [1.54, 1.807) is 0 Å². The van der Waals surface area contributed by atoms with Crippen LogP contribution in [-0.4, -0.2) is 42.6 Å². The van der Waals surface area contributed by atoms with Crippen molar-refractivity contribution in [2.75, 3.05) is 19.6 Å². The topological polar surface area (TPSA) is 53.6 Å². The minimum atomic E-state index is 0.549. The SMILES string of the molecule is CCC(CN=C(N)NC1CCCCCC1)N1CCCC1. The number of hydrogen-bond donors (Lipinski definition) is 2. The fourth-order valence-corrected chi connectivity index (χ4v) is 3.49. The van der Waals surface area contributed by atoms with Gasteiger partial charge in [0.2, 0.25) is 0 Å². The Morgan fingerprint density at radius 3 is 2.40 bits per heavy atom. The van der Waals surface area contributed by atoms with Crippen LogP contribution in [0.25, 0.3) is 0 Å². The molecule has 0 aromatic carbocycles. The Labute approximate surface area is 124 Å². The fourth-order valence-electron chi connectivity index (χ4n) is 3.49. The maximum Gasteiger partial charge on any atom is 0.188 e. The van der Waals surface area contributed by atoms with Crippen molar-refractivity contribution in [3.8, 4) is 0 Å². The Kier molecular flexibility index (Phi) is 6.64. The number of aliphatic imine (C=N–C) groups is 1. The van der Waals surface area contributed by atoms with Crippen LogP contribution in [0.4, 0.5) is 0 Å². The normalized spacial score (nSPS) is 24.6. The average Bonchev–Trinajstić information content (AvgIpc) is 2.85. The van der Waals surface area contributed by atoms with Gasteiger partial charge in [-0.05, 0) is 45.2 Å². The lowest BCUT2D eigenvalue weighted by Crippen LogP contribution is -2.41. The van der Waals surface area contributed by atoms with Crippen molar-refractivity contribution in [2.24, 2.45) is 10.7 Å². The van der Waals surface area contributed by atoms with Crippen LogP contribution in [-0.2, 0) is 0 Å². The van der Waals surface area contributed by atoms with Gasteiger partial charge in [-0.2, -0.15) is 0 Å². The molecule has 2 fully saturated rings. The molecule has 1 saturated carbocycles. The first-order chi connectivity index (χ1) is 9.79. The molecule has 4 heteroatoms. The second-order valence-electron chi connectivity index (χ2n) is 6.36. The molecule has 1 atom stereocenters. The summed E-state index contributed by atoms with van der Waals surface area (Å²) in [6, 6.07) is 1.13. The zero-order valence-corrected chi connectivity index (χ0v) is 13.1. The van der Waals surface area contributed by atoms with Crippen LogP contribution in [0.3, 0.4) is 0 Å². The zero-order chi connectivity index (χ0) is 14.2. The van der Waals surface area contributed by atoms with Crippen LogP contribution < -0.4 is 11.1 Å². The van der Waals surface area contributed by atoms with Crippen molar-refractivity contribution in [1.82, 2.24) is 10.2 Å². The molecule has 2 aliphatic rings. The Bertz CT molecular complexity index is 289. The van der Waals surface area contributed by atoms with E-state index in [4.69, 9.17) is 5.73 Å². The molecule has 0 amide bonds. The molecule has 0 bridgehead atoms. The number of likely N-dealkylation sites (tertiary alicyclic amines) is 1. The predicted molar refractivity (Wildman–Crippen MR) is 86.0 cm³/mol. The van der Waals surface area contributed by atoms with Gasteiger partial charge in [-0.15, -0.1) is 0 Å². The van der Waals surface area contributed by atoms with E-state index in [0.717, 1.165) is 6.54 Å². The molecular formula is C16H32N4. The van der Waals surface area contributed by atoms with Crippen LogP contribution in [0.1, 0.15) is 64.7 Å². The lowest BCUT2D eigenvalue weighted by atomic mass is 10.1. The van der Waals surface area contributed by atoms with Crippen LogP contribution >= 0.6 is 0 Å². The molecule has 20 heavy (non-hydrogen) atoms. The first-order valence-electron chi connectivity index (χ1n) is 8.60. The van der Waals surface area contributed by atoms with Crippen LogP contribution in [0.2, 0.25) is 0 Å². The number of nitrogens with one attached hydrogen (secondary N) is 1. The molecule has 1 saturated heterocycles. The maximum absolute atomic E-state index is 6.08. The van der Waals surface area contributed by atoms with Crippen molar-refractivity contribution in [1.29, 1.82) is 0 Å². The van der Waals surface area contributed by atoms with E-state index in [1.165, 1.54) is 70.9 Å². The Morgan fingerprint density at radius 1 is 1.15 bits per heavy atom. The van der Waals surface area contributed by atoms with Crippen molar-refractivity contribution in [2.45, 2.75) is 76.8 Å². The molecule has 3 N–H and O–H groups in total. The monoisotopic (exact) mass is 280 g/mol. The van der Waals surface area contributed by atoms with Crippen molar-refractivity contribution in [3.63, 3.8) is 0 Å². The molecule has 4 nitrogen and oxygen atoms in total. The highest BCUT2D eigenvalue weighted by atomic mass is 15.2. The molecule has 0 radical (unpaired) electrons. The van der Waals surface area contributed by atoms with Crippen molar-refractivity contribution < 1.29 is 0 Å². The van der Waals surface area contributed by atoms with Gasteiger partial charge in [0.15, 0.2) is 5.96 Å². The number of nitrogens with zero attached hydrogens (tertiary/aromatic N) is 2. The van der Waals surface area contributed by atoms with E-state index >= 15 is 0 Å². The predicted octanol–water partition coefficient (Wildman–Crippen LogP) is 2.49. The average molecular weight is 280 g/mol. The number of nitrogens with two attached hydrogens (primary N) is 1. The Balaban J connectivity index is 1.76. The van der Waals surface area contributed by atoms with Gasteiger partial charge >= 0.3 is 0 Å². The standard InChI is InChI=1S/C16H32N4/c1-2-15(20-11-7-8-12-20)13-18-16(17)19-14-9-5-3-4-6-10-14/h14-15H,2-13H2,1H3,(H3,17,18,19). The molecule has 0 spiro atoms. The van der Waals surface area contributed by atoms with E-state index in [9.17, 15) is 0 Å². The van der Waals surface area contributed by atoms with E-state index in [1.807, 2.05) is 0 Å². The van der Waals surface area contributed by atoms with Gasteiger partial charge in [0, 0.05) is 12.1 Å². The fraction of sp³-hybridized carbons (Fsp3) is 0.938. The van der Waals surface area contributed by atoms with Crippen molar-refractivity contribution in [3.05, 3.63) is 0 Å². The summed E-state index contributed by atoms with van der Waals surface area (Å²) >= 11 is 0. The highest BCUT2D eigenvalue weighted by Gasteiger charge is 2.20. The lowest BCUT2D eigenvalue weighted by Gasteiger charge is -2.25. The van der Waals surface area contributed by atoms with E-state index in [2.05, 4.69) is 22.1 Å². The second kappa shape index (κ2) is 8.50. The minimum Gasteiger partial charge on any atom is -0.370 e. The molecule has 1 unspecified atom stereocenters. The second-order valence-corrected chi connectivity index (χ2v) is 6.36. The van der Waals surface area contributed by atoms with Crippen molar-refractivity contribution >= 4 is 5.96 Å². The molecule has 1 aliphatic carbocycles. The maximum atomic E-state index is 6.08. The number of hydrogen-bond acceptors (Lipinski definition) is 2. The quantitative estimate of drug-likeness (QED) is 0.462.